The van der Waals surface area contributed by atoms with Crippen LogP contribution in [0.5, 0.6) is 11.8 Å². The van der Waals surface area contributed by atoms with E-state index in [9.17, 15) is 4.79 Å². The first kappa shape index (κ1) is 17.7. The molecule has 1 aliphatic rings. The molecule has 2 aromatic carbocycles. The van der Waals surface area contributed by atoms with Crippen LogP contribution in [0.25, 0.3) is 0 Å². The summed E-state index contributed by atoms with van der Waals surface area (Å²) in [5.41, 5.74) is 2.33. The van der Waals surface area contributed by atoms with Crippen molar-refractivity contribution in [2.75, 3.05) is 23.4 Å². The third kappa shape index (κ3) is 4.32. The van der Waals surface area contributed by atoms with Crippen molar-refractivity contribution in [1.29, 1.82) is 0 Å². The van der Waals surface area contributed by atoms with Crippen LogP contribution in [0.2, 0.25) is 0 Å². The zero-order chi connectivity index (χ0) is 19.2. The summed E-state index contributed by atoms with van der Waals surface area (Å²) in [6.07, 6.45) is 5.82. The molecule has 28 heavy (non-hydrogen) atoms. The molecule has 0 spiro atoms. The number of hydrogen-bond donors (Lipinski definition) is 1. The number of Topliss-reactive ketones (excluding diaryl/α,β-unsaturated/α-hetero) is 1. The van der Waals surface area contributed by atoms with Gasteiger partial charge in [-0.25, -0.2) is 9.97 Å². The molecule has 7 nitrogen and oxygen atoms in total. The third-order valence-corrected chi connectivity index (χ3v) is 4.21. The van der Waals surface area contributed by atoms with Crippen LogP contribution in [0, 0.1) is 0 Å². The highest BCUT2D eigenvalue weighted by Crippen LogP contribution is 2.20. The fourth-order valence-electron chi connectivity index (χ4n) is 2.73. The van der Waals surface area contributed by atoms with Crippen LogP contribution in [-0.2, 0) is 0 Å². The van der Waals surface area contributed by atoms with E-state index in [1.807, 2.05) is 65.8 Å². The number of para-hydroxylation sites is 1. The molecule has 0 saturated carbocycles. The molecule has 0 fully saturated rings. The van der Waals surface area contributed by atoms with E-state index in [0.717, 1.165) is 24.3 Å². The van der Waals surface area contributed by atoms with Gasteiger partial charge in [-0.2, -0.15) is 5.10 Å². The normalized spacial score (nSPS) is 12.8. The predicted octanol–water partition coefficient (Wildman–Crippen LogP) is 3.76. The number of carbonyl (C=O) groups is 1. The van der Waals surface area contributed by atoms with Crippen LogP contribution in [0.4, 0.5) is 11.4 Å². The molecule has 3 aromatic rings. The second-order valence-corrected chi connectivity index (χ2v) is 6.20. The first-order valence-corrected chi connectivity index (χ1v) is 9.00. The minimum absolute atomic E-state index is 0.0977. The largest absolute Gasteiger partial charge is 0.424 e. The van der Waals surface area contributed by atoms with E-state index < -0.39 is 0 Å². The van der Waals surface area contributed by atoms with Crippen molar-refractivity contribution in [3.63, 3.8) is 0 Å². The van der Waals surface area contributed by atoms with E-state index in [1.54, 1.807) is 0 Å². The van der Waals surface area contributed by atoms with E-state index in [0.29, 0.717) is 11.3 Å². The molecule has 1 N–H and O–H groups in total. The Kier molecular flexibility index (Phi) is 5.24. The van der Waals surface area contributed by atoms with Crippen LogP contribution in [0.3, 0.4) is 0 Å². The second kappa shape index (κ2) is 8.30. The lowest BCUT2D eigenvalue weighted by atomic mass is 10.2. The minimum Gasteiger partial charge on any atom is -0.424 e. The van der Waals surface area contributed by atoms with Crippen molar-refractivity contribution in [3.8, 4) is 11.8 Å². The maximum atomic E-state index is 12.4. The summed E-state index contributed by atoms with van der Waals surface area (Å²) in [5.74, 6) is 0.547. The molecular formula is C21H19N5O2. The molecule has 140 valence electrons. The molecule has 0 amide bonds. The number of hydrogen-bond acceptors (Lipinski definition) is 7. The molecular weight excluding hydrogens is 354 g/mol. The van der Waals surface area contributed by atoms with Gasteiger partial charge >= 0.3 is 6.01 Å². The summed E-state index contributed by atoms with van der Waals surface area (Å²) < 4.78 is 5.53. The number of anilines is 2. The number of nitrogens with one attached hydrogen (secondary N) is 1. The van der Waals surface area contributed by atoms with E-state index in [1.165, 1.54) is 12.4 Å². The van der Waals surface area contributed by atoms with Crippen LogP contribution in [-0.4, -0.2) is 35.1 Å². The molecule has 4 rings (SSSR count). The first-order valence-electron chi connectivity index (χ1n) is 9.00. The van der Waals surface area contributed by atoms with Gasteiger partial charge in [0.2, 0.25) is 0 Å². The Bertz CT molecular complexity index is 956. The number of benzene rings is 2. The average Bonchev–Trinajstić information content (AvgIpc) is 3.29. The maximum absolute atomic E-state index is 12.4. The standard InChI is InChI=1S/C21H19N5O2/c27-20(15-22-17-7-9-18(10-8-17)26-12-4-11-25-26)16-13-23-21(24-14-16)28-19-5-2-1-3-6-19/h1-3,5-11,13-14,22H,4,12,15H2. The van der Waals surface area contributed by atoms with Gasteiger partial charge in [-0.1, -0.05) is 18.2 Å². The summed E-state index contributed by atoms with van der Waals surface area (Å²) in [6, 6.07) is 17.3. The Morgan fingerprint density at radius 3 is 2.46 bits per heavy atom. The molecule has 1 aliphatic heterocycles. The fraction of sp³-hybridized carbons (Fsp3) is 0.143. The van der Waals surface area contributed by atoms with Gasteiger partial charge in [-0.15, -0.1) is 0 Å². The Hall–Kier alpha value is -3.74. The van der Waals surface area contributed by atoms with E-state index in [4.69, 9.17) is 4.74 Å². The quantitative estimate of drug-likeness (QED) is 0.635. The molecule has 1 aromatic heterocycles. The van der Waals surface area contributed by atoms with E-state index >= 15 is 0 Å². The summed E-state index contributed by atoms with van der Waals surface area (Å²) in [6.45, 7) is 1.05. The number of carbonyl (C=O) groups excluding carboxylic acids is 1. The number of hydrazone groups is 1. The van der Waals surface area contributed by atoms with Crippen LogP contribution in [0.1, 0.15) is 16.8 Å². The van der Waals surface area contributed by atoms with Gasteiger partial charge in [0.25, 0.3) is 0 Å². The van der Waals surface area contributed by atoms with Crippen LogP contribution in [0.15, 0.2) is 72.1 Å². The zero-order valence-electron chi connectivity index (χ0n) is 15.2. The molecule has 0 bridgehead atoms. The lowest BCUT2D eigenvalue weighted by Gasteiger charge is -2.14. The highest BCUT2D eigenvalue weighted by molar-refractivity contribution is 5.98. The van der Waals surface area contributed by atoms with Gasteiger partial charge in [-0.3, -0.25) is 9.80 Å². The molecule has 0 radical (unpaired) electrons. The highest BCUT2D eigenvalue weighted by Gasteiger charge is 2.10. The lowest BCUT2D eigenvalue weighted by Crippen LogP contribution is -2.15. The van der Waals surface area contributed by atoms with E-state index in [-0.39, 0.29) is 18.3 Å². The SMILES string of the molecule is O=C(CNc1ccc(N2CCC=N2)cc1)c1cnc(Oc2ccccc2)nc1. The summed E-state index contributed by atoms with van der Waals surface area (Å²) in [4.78, 5) is 20.6. The lowest BCUT2D eigenvalue weighted by molar-refractivity contribution is 0.101. The first-order chi connectivity index (χ1) is 13.8. The Labute approximate surface area is 162 Å². The minimum atomic E-state index is -0.0977. The fourth-order valence-corrected chi connectivity index (χ4v) is 2.73. The van der Waals surface area contributed by atoms with Crippen LogP contribution >= 0.6 is 0 Å². The van der Waals surface area contributed by atoms with Crippen molar-refractivity contribution < 1.29 is 9.53 Å². The van der Waals surface area contributed by atoms with Gasteiger partial charge in [0, 0.05) is 37.3 Å². The number of rotatable bonds is 7. The maximum Gasteiger partial charge on any atom is 0.321 e. The number of ether oxygens (including phenoxy) is 1. The van der Waals surface area contributed by atoms with Crippen molar-refractivity contribution in [2.24, 2.45) is 5.10 Å². The smallest absolute Gasteiger partial charge is 0.321 e. The van der Waals surface area contributed by atoms with Crippen molar-refractivity contribution in [1.82, 2.24) is 9.97 Å². The van der Waals surface area contributed by atoms with Gasteiger partial charge in [-0.05, 0) is 36.4 Å². The van der Waals surface area contributed by atoms with Crippen molar-refractivity contribution in [2.45, 2.75) is 6.42 Å². The molecule has 0 unspecified atom stereocenters. The van der Waals surface area contributed by atoms with Gasteiger partial charge in [0.15, 0.2) is 5.78 Å². The average molecular weight is 373 g/mol. The highest BCUT2D eigenvalue weighted by atomic mass is 16.5. The number of aromatic nitrogens is 2. The monoisotopic (exact) mass is 373 g/mol. The van der Waals surface area contributed by atoms with E-state index in [2.05, 4.69) is 20.4 Å². The molecule has 0 atom stereocenters. The summed E-state index contributed by atoms with van der Waals surface area (Å²) >= 11 is 0. The number of ketones is 1. The Morgan fingerprint density at radius 2 is 1.79 bits per heavy atom. The summed E-state index contributed by atoms with van der Waals surface area (Å²) in [5, 5.41) is 9.36. The van der Waals surface area contributed by atoms with Crippen LogP contribution < -0.4 is 15.1 Å². The summed E-state index contributed by atoms with van der Waals surface area (Å²) in [7, 11) is 0. The molecule has 0 aliphatic carbocycles. The molecule has 2 heterocycles. The zero-order valence-corrected chi connectivity index (χ0v) is 15.2. The second-order valence-electron chi connectivity index (χ2n) is 6.20. The van der Waals surface area contributed by atoms with Gasteiger partial charge in [0.05, 0.1) is 17.8 Å². The van der Waals surface area contributed by atoms with Crippen molar-refractivity contribution >= 4 is 23.4 Å². The van der Waals surface area contributed by atoms with Gasteiger partial charge in [0.1, 0.15) is 5.75 Å². The molecule has 7 heteroatoms. The van der Waals surface area contributed by atoms with Gasteiger partial charge < -0.3 is 10.1 Å². The predicted molar refractivity (Wildman–Crippen MR) is 108 cm³/mol. The topological polar surface area (TPSA) is 79.7 Å². The Morgan fingerprint density at radius 1 is 1.04 bits per heavy atom. The Balaban J connectivity index is 1.31. The van der Waals surface area contributed by atoms with Crippen molar-refractivity contribution in [3.05, 3.63) is 72.6 Å². The third-order valence-electron chi connectivity index (χ3n) is 4.21. The number of nitrogens with zero attached hydrogens (tertiary/aromatic N) is 4. The molecule has 0 saturated heterocycles.